The molecule has 3 aromatic rings. The molecule has 0 aliphatic rings. The lowest BCUT2D eigenvalue weighted by Gasteiger charge is -2.10. The van der Waals surface area contributed by atoms with Crippen LogP contribution in [0.2, 0.25) is 0 Å². The second kappa shape index (κ2) is 8.73. The van der Waals surface area contributed by atoms with Gasteiger partial charge < -0.3 is 15.1 Å². The highest BCUT2D eigenvalue weighted by Gasteiger charge is 2.13. The fraction of sp³-hybridized carbons (Fsp3) is 0.381. The minimum absolute atomic E-state index is 0.488. The van der Waals surface area contributed by atoms with Crippen molar-refractivity contribution in [1.29, 1.82) is 0 Å². The van der Waals surface area contributed by atoms with Crippen LogP contribution in [-0.2, 0) is 13.1 Å². The van der Waals surface area contributed by atoms with Crippen molar-refractivity contribution in [2.45, 2.75) is 47.7 Å². The minimum atomic E-state index is 0.488. The molecular formula is C21H28N6O. The van der Waals surface area contributed by atoms with Crippen molar-refractivity contribution >= 4 is 5.96 Å². The Morgan fingerprint density at radius 2 is 1.82 bits per heavy atom. The van der Waals surface area contributed by atoms with Crippen molar-refractivity contribution in [3.8, 4) is 5.69 Å². The first-order valence-corrected chi connectivity index (χ1v) is 9.55. The van der Waals surface area contributed by atoms with Crippen LogP contribution in [0.25, 0.3) is 5.69 Å². The topological polar surface area (TPSA) is 80.3 Å². The van der Waals surface area contributed by atoms with E-state index in [1.807, 2.05) is 50.6 Å². The summed E-state index contributed by atoms with van der Waals surface area (Å²) in [6.45, 7) is 11.8. The van der Waals surface area contributed by atoms with Crippen LogP contribution in [-0.4, -0.2) is 27.3 Å². The molecule has 0 unspecified atom stereocenters. The van der Waals surface area contributed by atoms with E-state index in [4.69, 9.17) is 14.5 Å². The van der Waals surface area contributed by atoms with E-state index in [0.717, 1.165) is 46.6 Å². The Kier molecular flexibility index (Phi) is 6.13. The molecule has 7 nitrogen and oxygen atoms in total. The summed E-state index contributed by atoms with van der Waals surface area (Å²) >= 11 is 0. The van der Waals surface area contributed by atoms with Crippen molar-refractivity contribution in [3.63, 3.8) is 0 Å². The quantitative estimate of drug-likeness (QED) is 0.506. The molecule has 7 heteroatoms. The lowest BCUT2D eigenvalue weighted by molar-refractivity contribution is 0.463. The molecule has 1 aromatic carbocycles. The molecule has 0 saturated carbocycles. The molecule has 0 bridgehead atoms. The van der Waals surface area contributed by atoms with Gasteiger partial charge in [-0.25, -0.2) is 14.7 Å². The van der Waals surface area contributed by atoms with E-state index < -0.39 is 0 Å². The molecule has 2 heterocycles. The molecule has 0 aliphatic carbocycles. The van der Waals surface area contributed by atoms with E-state index in [0.29, 0.717) is 19.0 Å². The van der Waals surface area contributed by atoms with E-state index >= 15 is 0 Å². The molecule has 3 rings (SSSR count). The van der Waals surface area contributed by atoms with Gasteiger partial charge in [-0.3, -0.25) is 0 Å². The monoisotopic (exact) mass is 380 g/mol. The summed E-state index contributed by atoms with van der Waals surface area (Å²) in [4.78, 5) is 9.13. The lowest BCUT2D eigenvalue weighted by Crippen LogP contribution is -2.36. The van der Waals surface area contributed by atoms with Gasteiger partial charge in [-0.2, -0.15) is 5.10 Å². The van der Waals surface area contributed by atoms with Crippen molar-refractivity contribution in [3.05, 3.63) is 64.6 Å². The van der Waals surface area contributed by atoms with Crippen LogP contribution in [0.15, 0.2) is 39.7 Å². The maximum Gasteiger partial charge on any atom is 0.214 e. The number of aryl methyl sites for hydroxylation is 3. The van der Waals surface area contributed by atoms with Gasteiger partial charge in [0.25, 0.3) is 0 Å². The standard InChI is InChI=1S/C21H28N6O/c1-6-22-21(24-13-20-25-14(2)17(5)28-20)23-12-19-15(3)26-27(16(19)4)18-10-8-7-9-11-18/h7-11H,6,12-13H2,1-5H3,(H2,22,23,24). The summed E-state index contributed by atoms with van der Waals surface area (Å²) in [5.74, 6) is 2.23. The molecule has 0 spiro atoms. The Hall–Kier alpha value is -3.09. The maximum atomic E-state index is 5.63. The summed E-state index contributed by atoms with van der Waals surface area (Å²) in [6, 6.07) is 10.1. The zero-order valence-electron chi connectivity index (χ0n) is 17.2. The van der Waals surface area contributed by atoms with Crippen LogP contribution in [0.5, 0.6) is 0 Å². The molecule has 0 radical (unpaired) electrons. The third-order valence-electron chi connectivity index (χ3n) is 4.66. The zero-order chi connectivity index (χ0) is 20.1. The summed E-state index contributed by atoms with van der Waals surface area (Å²) < 4.78 is 7.60. The smallest absolute Gasteiger partial charge is 0.214 e. The average molecular weight is 380 g/mol. The molecule has 28 heavy (non-hydrogen) atoms. The molecule has 0 fully saturated rings. The SMILES string of the molecule is CCNC(=NCc1c(C)nn(-c2ccccc2)c1C)NCc1nc(C)c(C)o1. The van der Waals surface area contributed by atoms with E-state index in [-0.39, 0.29) is 0 Å². The molecule has 0 atom stereocenters. The Bertz CT molecular complexity index is 935. The number of nitrogens with zero attached hydrogens (tertiary/aromatic N) is 4. The van der Waals surface area contributed by atoms with Gasteiger partial charge in [0.05, 0.1) is 30.2 Å². The molecule has 2 N–H and O–H groups in total. The average Bonchev–Trinajstić information content (AvgIpc) is 3.16. The Morgan fingerprint density at radius 1 is 1.07 bits per heavy atom. The molecule has 0 amide bonds. The summed E-state index contributed by atoms with van der Waals surface area (Å²) in [5, 5.41) is 11.2. The fourth-order valence-corrected chi connectivity index (χ4v) is 3.00. The number of benzene rings is 1. The van der Waals surface area contributed by atoms with Gasteiger partial charge in [-0.15, -0.1) is 0 Å². The number of guanidine groups is 1. The van der Waals surface area contributed by atoms with Gasteiger partial charge in [0.2, 0.25) is 5.89 Å². The van der Waals surface area contributed by atoms with Gasteiger partial charge in [0.1, 0.15) is 5.76 Å². The highest BCUT2D eigenvalue weighted by atomic mass is 16.4. The molecular weight excluding hydrogens is 352 g/mol. The van der Waals surface area contributed by atoms with Crippen LogP contribution in [0.3, 0.4) is 0 Å². The number of hydrogen-bond donors (Lipinski definition) is 2. The Morgan fingerprint density at radius 3 is 2.46 bits per heavy atom. The summed E-state index contributed by atoms with van der Waals surface area (Å²) in [5.41, 5.74) is 5.18. The van der Waals surface area contributed by atoms with Crippen molar-refractivity contribution in [2.24, 2.45) is 4.99 Å². The Balaban J connectivity index is 1.74. The third-order valence-corrected chi connectivity index (χ3v) is 4.66. The summed E-state index contributed by atoms with van der Waals surface area (Å²) in [7, 11) is 0. The van der Waals surface area contributed by atoms with Crippen molar-refractivity contribution in [1.82, 2.24) is 25.4 Å². The van der Waals surface area contributed by atoms with E-state index in [1.165, 1.54) is 0 Å². The van der Waals surface area contributed by atoms with E-state index in [1.54, 1.807) is 0 Å². The first kappa shape index (κ1) is 19.7. The first-order chi connectivity index (χ1) is 13.5. The van der Waals surface area contributed by atoms with Crippen molar-refractivity contribution < 1.29 is 4.42 Å². The van der Waals surface area contributed by atoms with Gasteiger partial charge in [0, 0.05) is 17.8 Å². The second-order valence-electron chi connectivity index (χ2n) is 6.69. The Labute approximate surface area is 165 Å². The highest BCUT2D eigenvalue weighted by Crippen LogP contribution is 2.18. The zero-order valence-corrected chi connectivity index (χ0v) is 17.2. The predicted octanol–water partition coefficient (Wildman–Crippen LogP) is 3.35. The van der Waals surface area contributed by atoms with Gasteiger partial charge in [-0.1, -0.05) is 18.2 Å². The number of para-hydroxylation sites is 1. The molecule has 2 aromatic heterocycles. The predicted molar refractivity (Wildman–Crippen MR) is 111 cm³/mol. The van der Waals surface area contributed by atoms with Gasteiger partial charge in [0.15, 0.2) is 5.96 Å². The van der Waals surface area contributed by atoms with E-state index in [2.05, 4.69) is 34.7 Å². The lowest BCUT2D eigenvalue weighted by atomic mass is 10.2. The van der Waals surface area contributed by atoms with Crippen molar-refractivity contribution in [2.75, 3.05) is 6.54 Å². The van der Waals surface area contributed by atoms with Gasteiger partial charge in [-0.05, 0) is 46.8 Å². The van der Waals surface area contributed by atoms with Crippen LogP contribution >= 0.6 is 0 Å². The van der Waals surface area contributed by atoms with Crippen LogP contribution in [0.4, 0.5) is 0 Å². The number of oxazole rings is 1. The van der Waals surface area contributed by atoms with E-state index in [9.17, 15) is 0 Å². The third kappa shape index (κ3) is 4.42. The number of rotatable bonds is 6. The second-order valence-corrected chi connectivity index (χ2v) is 6.69. The van der Waals surface area contributed by atoms with Crippen LogP contribution in [0.1, 0.15) is 41.2 Å². The molecule has 148 valence electrons. The van der Waals surface area contributed by atoms with Crippen LogP contribution < -0.4 is 10.6 Å². The maximum absolute atomic E-state index is 5.63. The number of nitrogens with one attached hydrogen (secondary N) is 2. The van der Waals surface area contributed by atoms with Gasteiger partial charge >= 0.3 is 0 Å². The first-order valence-electron chi connectivity index (χ1n) is 9.55. The summed E-state index contributed by atoms with van der Waals surface area (Å²) in [6.07, 6.45) is 0. The highest BCUT2D eigenvalue weighted by molar-refractivity contribution is 5.79. The fourth-order valence-electron chi connectivity index (χ4n) is 3.00. The number of aliphatic imine (C=N–C) groups is 1. The number of aromatic nitrogens is 3. The molecule has 0 aliphatic heterocycles. The normalized spacial score (nSPS) is 11.7. The largest absolute Gasteiger partial charge is 0.444 e. The minimum Gasteiger partial charge on any atom is -0.444 e. The molecule has 0 saturated heterocycles. The number of hydrogen-bond acceptors (Lipinski definition) is 4. The van der Waals surface area contributed by atoms with Crippen LogP contribution in [0, 0.1) is 27.7 Å².